The average Bonchev–Trinajstić information content (AvgIpc) is 3.13. The Hall–Kier alpha value is -2.74. The molecule has 1 unspecified atom stereocenters. The highest BCUT2D eigenvalue weighted by molar-refractivity contribution is 5.80. The zero-order valence-corrected chi connectivity index (χ0v) is 16.1. The highest BCUT2D eigenvalue weighted by Crippen LogP contribution is 2.24. The van der Waals surface area contributed by atoms with Crippen LogP contribution in [0.3, 0.4) is 0 Å². The van der Waals surface area contributed by atoms with Crippen molar-refractivity contribution in [2.24, 2.45) is 12.0 Å². The van der Waals surface area contributed by atoms with E-state index in [1.807, 2.05) is 31.6 Å². The molecule has 0 amide bonds. The monoisotopic (exact) mass is 373 g/mol. The molecule has 1 aromatic carbocycles. The fraction of sp³-hybridized carbons (Fsp3) is 0.474. The largest absolute Gasteiger partial charge is 0.508 e. The van der Waals surface area contributed by atoms with Gasteiger partial charge in [-0.1, -0.05) is 6.07 Å². The number of hydrogen-bond donors (Lipinski definition) is 2. The van der Waals surface area contributed by atoms with Crippen molar-refractivity contribution in [3.05, 3.63) is 41.7 Å². The van der Waals surface area contributed by atoms with Crippen molar-refractivity contribution >= 4 is 5.96 Å². The topological polar surface area (TPSA) is 84.1 Å². The van der Waals surface area contributed by atoms with Crippen molar-refractivity contribution < 1.29 is 14.6 Å². The molecule has 1 atom stereocenters. The number of aliphatic imine (C=N–C) groups is 1. The normalized spacial score (nSPS) is 17.8. The molecule has 2 heterocycles. The molecule has 0 bridgehead atoms. The van der Waals surface area contributed by atoms with Crippen LogP contribution in [0.15, 0.2) is 35.6 Å². The van der Waals surface area contributed by atoms with E-state index in [1.54, 1.807) is 24.9 Å². The summed E-state index contributed by atoms with van der Waals surface area (Å²) < 4.78 is 12.8. The Morgan fingerprint density at radius 1 is 1.48 bits per heavy atom. The molecule has 1 fully saturated rings. The standard InChI is InChI=1S/C19H27N5O3/c1-20-19(21-7-6-14-4-5-16(26-3)10-17(14)25)24-8-9-27-18(13-24)15-11-22-23(2)12-15/h4-5,10-12,18,25H,6-9,13H2,1-3H3,(H,20,21). The maximum Gasteiger partial charge on any atom is 0.193 e. The first-order valence-corrected chi connectivity index (χ1v) is 9.02. The van der Waals surface area contributed by atoms with E-state index in [9.17, 15) is 5.11 Å². The molecule has 3 rings (SSSR count). The zero-order valence-electron chi connectivity index (χ0n) is 16.1. The Bertz CT molecular complexity index is 789. The lowest BCUT2D eigenvalue weighted by atomic mass is 10.1. The summed E-state index contributed by atoms with van der Waals surface area (Å²) >= 11 is 0. The second-order valence-corrected chi connectivity index (χ2v) is 6.47. The smallest absolute Gasteiger partial charge is 0.193 e. The first-order chi connectivity index (χ1) is 13.1. The van der Waals surface area contributed by atoms with Gasteiger partial charge in [-0.15, -0.1) is 0 Å². The third kappa shape index (κ3) is 4.71. The molecule has 0 radical (unpaired) electrons. The second kappa shape index (κ2) is 8.77. The third-order valence-corrected chi connectivity index (χ3v) is 4.64. The van der Waals surface area contributed by atoms with Gasteiger partial charge in [0.05, 0.1) is 26.5 Å². The lowest BCUT2D eigenvalue weighted by Crippen LogP contribution is -2.48. The molecule has 27 heavy (non-hydrogen) atoms. The molecule has 1 aromatic heterocycles. The molecule has 1 aliphatic heterocycles. The molecule has 2 N–H and O–H groups in total. The summed E-state index contributed by atoms with van der Waals surface area (Å²) in [5.41, 5.74) is 1.94. The van der Waals surface area contributed by atoms with E-state index in [0.717, 1.165) is 30.2 Å². The first kappa shape index (κ1) is 19.0. The number of methoxy groups -OCH3 is 1. The SMILES string of the molecule is CN=C(NCCc1ccc(OC)cc1O)N1CCOC(c2cnn(C)c2)C1. The van der Waals surface area contributed by atoms with Crippen LogP contribution in [0.1, 0.15) is 17.2 Å². The van der Waals surface area contributed by atoms with Gasteiger partial charge < -0.3 is 24.8 Å². The van der Waals surface area contributed by atoms with Gasteiger partial charge in [0, 0.05) is 45.0 Å². The van der Waals surface area contributed by atoms with Gasteiger partial charge in [0.15, 0.2) is 5.96 Å². The number of nitrogens with zero attached hydrogens (tertiary/aromatic N) is 4. The molecule has 8 nitrogen and oxygen atoms in total. The number of guanidine groups is 1. The van der Waals surface area contributed by atoms with Crippen LogP contribution in [0.25, 0.3) is 0 Å². The van der Waals surface area contributed by atoms with Crippen LogP contribution >= 0.6 is 0 Å². The van der Waals surface area contributed by atoms with Gasteiger partial charge in [-0.25, -0.2) is 0 Å². The minimum atomic E-state index is -0.0170. The predicted octanol–water partition coefficient (Wildman–Crippen LogP) is 1.33. The van der Waals surface area contributed by atoms with Crippen molar-refractivity contribution in [2.75, 3.05) is 40.4 Å². The number of benzene rings is 1. The van der Waals surface area contributed by atoms with E-state index in [1.165, 1.54) is 0 Å². The zero-order chi connectivity index (χ0) is 19.2. The van der Waals surface area contributed by atoms with Crippen LogP contribution in [0, 0.1) is 0 Å². The molecule has 0 saturated carbocycles. The van der Waals surface area contributed by atoms with E-state index in [-0.39, 0.29) is 11.9 Å². The number of phenolic OH excluding ortho intramolecular Hbond substituents is 1. The van der Waals surface area contributed by atoms with Gasteiger partial charge in [-0.3, -0.25) is 9.67 Å². The first-order valence-electron chi connectivity index (χ1n) is 9.02. The van der Waals surface area contributed by atoms with Gasteiger partial charge in [0.1, 0.15) is 17.6 Å². The maximum absolute atomic E-state index is 10.1. The van der Waals surface area contributed by atoms with Gasteiger partial charge in [-0.2, -0.15) is 5.10 Å². The number of rotatable bonds is 5. The van der Waals surface area contributed by atoms with Crippen molar-refractivity contribution in [3.8, 4) is 11.5 Å². The predicted molar refractivity (Wildman–Crippen MR) is 103 cm³/mol. The highest BCUT2D eigenvalue weighted by Gasteiger charge is 2.25. The van der Waals surface area contributed by atoms with Crippen LogP contribution in [-0.2, 0) is 18.2 Å². The molecular weight excluding hydrogens is 346 g/mol. The summed E-state index contributed by atoms with van der Waals surface area (Å²) in [4.78, 5) is 6.59. The van der Waals surface area contributed by atoms with Crippen LogP contribution in [0.4, 0.5) is 0 Å². The summed E-state index contributed by atoms with van der Waals surface area (Å²) in [5, 5.41) is 17.7. The third-order valence-electron chi connectivity index (χ3n) is 4.64. The fourth-order valence-electron chi connectivity index (χ4n) is 3.17. The molecule has 8 heteroatoms. The Morgan fingerprint density at radius 2 is 2.33 bits per heavy atom. The minimum Gasteiger partial charge on any atom is -0.508 e. The summed E-state index contributed by atoms with van der Waals surface area (Å²) in [7, 11) is 5.27. The minimum absolute atomic E-state index is 0.0170. The quantitative estimate of drug-likeness (QED) is 0.608. The molecule has 0 spiro atoms. The molecule has 1 aliphatic rings. The van der Waals surface area contributed by atoms with Gasteiger partial charge in [0.25, 0.3) is 0 Å². The number of morpholine rings is 1. The number of phenols is 1. The number of aromatic nitrogens is 2. The number of nitrogens with one attached hydrogen (secondary N) is 1. The summed E-state index contributed by atoms with van der Waals surface area (Å²) in [6.45, 7) is 2.81. The molecule has 0 aliphatic carbocycles. The lowest BCUT2D eigenvalue weighted by molar-refractivity contribution is -0.00800. The van der Waals surface area contributed by atoms with Crippen LogP contribution < -0.4 is 10.1 Å². The van der Waals surface area contributed by atoms with Gasteiger partial charge in [-0.05, 0) is 18.1 Å². The second-order valence-electron chi connectivity index (χ2n) is 6.47. The maximum atomic E-state index is 10.1. The van der Waals surface area contributed by atoms with Crippen LogP contribution in [-0.4, -0.2) is 66.1 Å². The fourth-order valence-corrected chi connectivity index (χ4v) is 3.17. The molecule has 2 aromatic rings. The lowest BCUT2D eigenvalue weighted by Gasteiger charge is -2.34. The Balaban J connectivity index is 1.55. The summed E-state index contributed by atoms with van der Waals surface area (Å²) in [5.74, 6) is 1.73. The average molecular weight is 373 g/mol. The van der Waals surface area contributed by atoms with E-state index in [0.29, 0.717) is 25.3 Å². The summed E-state index contributed by atoms with van der Waals surface area (Å²) in [6, 6.07) is 5.36. The van der Waals surface area contributed by atoms with Crippen LogP contribution in [0.5, 0.6) is 11.5 Å². The van der Waals surface area contributed by atoms with Gasteiger partial charge in [0.2, 0.25) is 0 Å². The van der Waals surface area contributed by atoms with E-state index >= 15 is 0 Å². The molecule has 1 saturated heterocycles. The summed E-state index contributed by atoms with van der Waals surface area (Å²) in [6.07, 6.45) is 4.50. The van der Waals surface area contributed by atoms with E-state index in [4.69, 9.17) is 9.47 Å². The number of hydrogen-bond acceptors (Lipinski definition) is 5. The molecular formula is C19H27N5O3. The van der Waals surface area contributed by atoms with Gasteiger partial charge >= 0.3 is 0 Å². The van der Waals surface area contributed by atoms with Crippen molar-refractivity contribution in [1.82, 2.24) is 20.0 Å². The molecule has 146 valence electrons. The van der Waals surface area contributed by atoms with Crippen molar-refractivity contribution in [2.45, 2.75) is 12.5 Å². The van der Waals surface area contributed by atoms with Crippen molar-refractivity contribution in [1.29, 1.82) is 0 Å². The Kier molecular flexibility index (Phi) is 6.18. The Morgan fingerprint density at radius 3 is 3.00 bits per heavy atom. The van der Waals surface area contributed by atoms with Crippen LogP contribution in [0.2, 0.25) is 0 Å². The highest BCUT2D eigenvalue weighted by atomic mass is 16.5. The van der Waals surface area contributed by atoms with E-state index in [2.05, 4.69) is 20.3 Å². The number of ether oxygens (including phenoxy) is 2. The number of aromatic hydroxyl groups is 1. The van der Waals surface area contributed by atoms with Crippen molar-refractivity contribution in [3.63, 3.8) is 0 Å². The number of aryl methyl sites for hydroxylation is 1. The van der Waals surface area contributed by atoms with E-state index < -0.39 is 0 Å². The Labute approximate surface area is 159 Å².